The molecule has 1 aromatic rings. The summed E-state index contributed by atoms with van der Waals surface area (Å²) in [7, 11) is -0.259. The minimum Gasteiger partial charge on any atom is -0.383 e. The van der Waals surface area contributed by atoms with Gasteiger partial charge in [0.2, 0.25) is 10.0 Å². The number of methoxy groups -OCH3 is 1. The lowest BCUT2D eigenvalue weighted by atomic mass is 10.4. The van der Waals surface area contributed by atoms with E-state index >= 15 is 0 Å². The number of ether oxygens (including phenoxy) is 1. The van der Waals surface area contributed by atoms with Gasteiger partial charge >= 0.3 is 0 Å². The summed E-state index contributed by atoms with van der Waals surface area (Å²) in [5.41, 5.74) is 0. The number of sulfonamides is 1. The van der Waals surface area contributed by atoms with Gasteiger partial charge in [0.15, 0.2) is 0 Å². The number of nitrogens with one attached hydrogen (secondary N) is 1. The van der Waals surface area contributed by atoms with Crippen LogP contribution < -0.4 is 5.32 Å². The van der Waals surface area contributed by atoms with Crippen molar-refractivity contribution in [1.29, 1.82) is 0 Å². The van der Waals surface area contributed by atoms with Crippen LogP contribution in [0.1, 0.15) is 11.8 Å². The molecule has 0 aliphatic rings. The van der Waals surface area contributed by atoms with Gasteiger partial charge in [0.25, 0.3) is 0 Å². The molecule has 0 aliphatic heterocycles. The molecule has 1 N–H and O–H groups in total. The van der Waals surface area contributed by atoms with Gasteiger partial charge in [-0.15, -0.1) is 11.3 Å². The first-order valence-corrected chi connectivity index (χ1v) is 8.07. The third kappa shape index (κ3) is 4.03. The molecule has 0 saturated carbocycles. The van der Waals surface area contributed by atoms with E-state index in [1.165, 1.54) is 15.6 Å². The highest BCUT2D eigenvalue weighted by atomic mass is 32.2. The molecule has 0 aliphatic carbocycles. The molecule has 0 spiro atoms. The van der Waals surface area contributed by atoms with Crippen LogP contribution in [-0.2, 0) is 21.3 Å². The van der Waals surface area contributed by atoms with Crippen LogP contribution in [0.15, 0.2) is 16.3 Å². The van der Waals surface area contributed by atoms with E-state index in [4.69, 9.17) is 4.74 Å². The van der Waals surface area contributed by atoms with E-state index in [-0.39, 0.29) is 0 Å². The predicted octanol–water partition coefficient (Wildman–Crippen LogP) is 1.12. The molecule has 0 unspecified atom stereocenters. The van der Waals surface area contributed by atoms with E-state index in [0.29, 0.717) is 24.6 Å². The number of thiophene rings is 1. The molecule has 104 valence electrons. The van der Waals surface area contributed by atoms with Crippen LogP contribution in [0.3, 0.4) is 0 Å². The fourth-order valence-corrected chi connectivity index (χ4v) is 3.74. The molecule has 0 saturated heterocycles. The maximum Gasteiger partial charge on any atom is 0.243 e. The molecule has 0 radical (unpaired) electrons. The van der Waals surface area contributed by atoms with Gasteiger partial charge in [0, 0.05) is 37.5 Å². The van der Waals surface area contributed by atoms with E-state index in [1.54, 1.807) is 25.6 Å². The second-order valence-corrected chi connectivity index (χ2v) is 6.89. The topological polar surface area (TPSA) is 58.6 Å². The van der Waals surface area contributed by atoms with Crippen LogP contribution >= 0.6 is 11.3 Å². The quantitative estimate of drug-likeness (QED) is 0.780. The number of hydrogen-bond acceptors (Lipinski definition) is 5. The molecular weight excluding hydrogens is 272 g/mol. The number of hydrogen-bond donors (Lipinski definition) is 1. The first-order chi connectivity index (χ1) is 8.52. The largest absolute Gasteiger partial charge is 0.383 e. The molecule has 0 bridgehead atoms. The van der Waals surface area contributed by atoms with Gasteiger partial charge in [-0.1, -0.05) is 6.92 Å². The van der Waals surface area contributed by atoms with E-state index in [9.17, 15) is 8.42 Å². The van der Waals surface area contributed by atoms with Crippen molar-refractivity contribution in [2.45, 2.75) is 18.4 Å². The van der Waals surface area contributed by atoms with Crippen molar-refractivity contribution >= 4 is 21.4 Å². The van der Waals surface area contributed by atoms with Crippen molar-refractivity contribution in [1.82, 2.24) is 9.62 Å². The molecule has 1 heterocycles. The Morgan fingerprint density at radius 1 is 1.50 bits per heavy atom. The Balaban J connectivity index is 2.75. The van der Waals surface area contributed by atoms with Crippen molar-refractivity contribution in [2.75, 3.05) is 33.9 Å². The Bertz CT molecular complexity index is 457. The minimum absolute atomic E-state index is 0.358. The maximum atomic E-state index is 12.2. The van der Waals surface area contributed by atoms with Gasteiger partial charge in [-0.25, -0.2) is 8.42 Å². The second-order valence-electron chi connectivity index (χ2n) is 3.85. The summed E-state index contributed by atoms with van der Waals surface area (Å²) < 4.78 is 30.6. The molecule has 0 atom stereocenters. The minimum atomic E-state index is -3.38. The third-order valence-corrected chi connectivity index (χ3v) is 5.42. The predicted molar refractivity (Wildman–Crippen MR) is 73.4 cm³/mol. The lowest BCUT2D eigenvalue weighted by molar-refractivity contribution is 0.185. The Morgan fingerprint density at radius 3 is 2.83 bits per heavy atom. The van der Waals surface area contributed by atoms with Crippen LogP contribution in [0.2, 0.25) is 0 Å². The summed E-state index contributed by atoms with van der Waals surface area (Å²) in [6.45, 7) is 4.34. The van der Waals surface area contributed by atoms with E-state index in [2.05, 4.69) is 5.32 Å². The molecule has 1 aromatic heterocycles. The van der Waals surface area contributed by atoms with Crippen LogP contribution in [0.5, 0.6) is 0 Å². The van der Waals surface area contributed by atoms with Gasteiger partial charge < -0.3 is 10.1 Å². The molecule has 18 heavy (non-hydrogen) atoms. The molecular formula is C11H20N2O3S2. The van der Waals surface area contributed by atoms with Crippen LogP contribution in [0.4, 0.5) is 0 Å². The normalized spacial score (nSPS) is 12.2. The third-order valence-electron chi connectivity index (χ3n) is 2.50. The second kappa shape index (κ2) is 7.20. The Morgan fingerprint density at radius 2 is 2.22 bits per heavy atom. The van der Waals surface area contributed by atoms with Crippen molar-refractivity contribution in [3.63, 3.8) is 0 Å². The lowest BCUT2D eigenvalue weighted by Crippen LogP contribution is -2.29. The SMILES string of the molecule is CCNCc1cc(S(=O)(=O)N(C)CCOC)cs1. The zero-order valence-corrected chi connectivity index (χ0v) is 12.6. The van der Waals surface area contributed by atoms with E-state index in [1.807, 2.05) is 6.92 Å². The van der Waals surface area contributed by atoms with Crippen LogP contribution in [0, 0.1) is 0 Å². The number of likely N-dealkylation sites (N-methyl/N-ethyl adjacent to an activating group) is 1. The Labute approximate surface area is 113 Å². The standard InChI is InChI=1S/C11H20N2O3S2/c1-4-12-8-10-7-11(9-17-10)18(14,15)13(2)5-6-16-3/h7,9,12H,4-6,8H2,1-3H3. The monoisotopic (exact) mass is 292 g/mol. The molecule has 1 rings (SSSR count). The molecule has 0 aromatic carbocycles. The first-order valence-electron chi connectivity index (χ1n) is 5.75. The summed E-state index contributed by atoms with van der Waals surface area (Å²) in [6.07, 6.45) is 0. The Hall–Kier alpha value is -0.470. The number of nitrogens with zero attached hydrogens (tertiary/aromatic N) is 1. The first kappa shape index (κ1) is 15.6. The fourth-order valence-electron chi connectivity index (χ4n) is 1.36. The maximum absolute atomic E-state index is 12.2. The summed E-state index contributed by atoms with van der Waals surface area (Å²) in [4.78, 5) is 1.38. The average molecular weight is 292 g/mol. The highest BCUT2D eigenvalue weighted by molar-refractivity contribution is 7.89. The molecule has 0 amide bonds. The van der Waals surface area contributed by atoms with E-state index in [0.717, 1.165) is 11.4 Å². The number of rotatable bonds is 8. The van der Waals surface area contributed by atoms with Crippen LogP contribution in [0.25, 0.3) is 0 Å². The zero-order valence-electron chi connectivity index (χ0n) is 11.0. The highest BCUT2D eigenvalue weighted by Crippen LogP contribution is 2.21. The van der Waals surface area contributed by atoms with Crippen molar-refractivity contribution < 1.29 is 13.2 Å². The summed E-state index contributed by atoms with van der Waals surface area (Å²) in [6, 6.07) is 1.73. The molecule has 0 fully saturated rings. The Kier molecular flexibility index (Phi) is 6.24. The van der Waals surface area contributed by atoms with Gasteiger partial charge in [-0.2, -0.15) is 4.31 Å². The van der Waals surface area contributed by atoms with Crippen LogP contribution in [-0.4, -0.2) is 46.6 Å². The molecule has 5 nitrogen and oxygen atoms in total. The summed E-state index contributed by atoms with van der Waals surface area (Å²) in [5.74, 6) is 0. The fraction of sp³-hybridized carbons (Fsp3) is 0.636. The smallest absolute Gasteiger partial charge is 0.243 e. The summed E-state index contributed by atoms with van der Waals surface area (Å²) >= 11 is 1.46. The van der Waals surface area contributed by atoms with Crippen molar-refractivity contribution in [2.24, 2.45) is 0 Å². The molecule has 7 heteroatoms. The van der Waals surface area contributed by atoms with E-state index < -0.39 is 10.0 Å². The average Bonchev–Trinajstić information content (AvgIpc) is 2.82. The van der Waals surface area contributed by atoms with Gasteiger partial charge in [0.1, 0.15) is 0 Å². The summed E-state index contributed by atoms with van der Waals surface area (Å²) in [5, 5.41) is 4.86. The van der Waals surface area contributed by atoms with Gasteiger partial charge in [-0.05, 0) is 12.6 Å². The zero-order chi connectivity index (χ0) is 13.6. The van der Waals surface area contributed by atoms with Gasteiger partial charge in [0.05, 0.1) is 11.5 Å². The van der Waals surface area contributed by atoms with Crippen molar-refractivity contribution in [3.05, 3.63) is 16.3 Å². The van der Waals surface area contributed by atoms with Gasteiger partial charge in [-0.3, -0.25) is 0 Å². The van der Waals surface area contributed by atoms with Crippen molar-refractivity contribution in [3.8, 4) is 0 Å². The lowest BCUT2D eigenvalue weighted by Gasteiger charge is -2.15. The highest BCUT2D eigenvalue weighted by Gasteiger charge is 2.21.